The van der Waals surface area contributed by atoms with E-state index in [0.717, 1.165) is 41.2 Å². The number of pyridine rings is 1. The van der Waals surface area contributed by atoms with Crippen molar-refractivity contribution in [1.29, 1.82) is 0 Å². The zero-order chi connectivity index (χ0) is 18.4. The summed E-state index contributed by atoms with van der Waals surface area (Å²) in [4.78, 5) is 22.2. The number of amides is 1. The van der Waals surface area contributed by atoms with Gasteiger partial charge in [-0.05, 0) is 37.5 Å². The number of nitrogens with one attached hydrogen (secondary N) is 1. The van der Waals surface area contributed by atoms with Crippen molar-refractivity contribution in [2.45, 2.75) is 33.1 Å². The Bertz CT molecular complexity index is 874. The van der Waals surface area contributed by atoms with Gasteiger partial charge in [0.1, 0.15) is 9.88 Å². The quantitative estimate of drug-likeness (QED) is 0.673. The Hall–Kier alpha value is -2.53. The fourth-order valence-electron chi connectivity index (χ4n) is 2.78. The molecule has 0 bridgehead atoms. The number of carbonyl (C=O) groups is 1. The van der Waals surface area contributed by atoms with Gasteiger partial charge in [-0.25, -0.2) is 4.98 Å². The van der Waals surface area contributed by atoms with E-state index in [9.17, 15) is 4.79 Å². The van der Waals surface area contributed by atoms with E-state index in [4.69, 9.17) is 0 Å². The Morgan fingerprint density at radius 2 is 1.96 bits per heavy atom. The fourth-order valence-corrected chi connectivity index (χ4v) is 3.76. The molecular formula is C21H23N3OS. The molecule has 1 amide bonds. The van der Waals surface area contributed by atoms with Crippen molar-refractivity contribution in [2.75, 3.05) is 6.54 Å². The van der Waals surface area contributed by atoms with Crippen LogP contribution in [0.25, 0.3) is 10.6 Å². The standard InChI is InChI=1S/C21H23N3OS/c1-3-7-18-14-17(11-13-22-18)21-24-15(2)19(26-21)20(25)23-12-10-16-8-5-4-6-9-16/h4-6,8-9,11,13-14H,3,7,10,12H2,1-2H3,(H,23,25). The van der Waals surface area contributed by atoms with Gasteiger partial charge in [0.25, 0.3) is 5.91 Å². The highest BCUT2D eigenvalue weighted by Crippen LogP contribution is 2.28. The second-order valence-electron chi connectivity index (χ2n) is 6.21. The van der Waals surface area contributed by atoms with E-state index in [-0.39, 0.29) is 5.91 Å². The van der Waals surface area contributed by atoms with Crippen LogP contribution in [0.4, 0.5) is 0 Å². The molecule has 2 aromatic heterocycles. The number of hydrogen-bond donors (Lipinski definition) is 1. The lowest BCUT2D eigenvalue weighted by atomic mass is 10.1. The molecule has 0 radical (unpaired) electrons. The van der Waals surface area contributed by atoms with E-state index >= 15 is 0 Å². The van der Waals surface area contributed by atoms with Crippen LogP contribution in [-0.2, 0) is 12.8 Å². The molecule has 0 saturated carbocycles. The SMILES string of the molecule is CCCc1cc(-c2nc(C)c(C(=O)NCCc3ccccc3)s2)ccn1. The number of nitrogens with zero attached hydrogens (tertiary/aromatic N) is 2. The molecule has 0 atom stereocenters. The molecule has 26 heavy (non-hydrogen) atoms. The molecule has 0 aliphatic rings. The first-order chi connectivity index (χ1) is 12.7. The van der Waals surface area contributed by atoms with Gasteiger partial charge in [0.05, 0.1) is 5.69 Å². The molecule has 0 unspecified atom stereocenters. The number of rotatable bonds is 7. The maximum Gasteiger partial charge on any atom is 0.263 e. The van der Waals surface area contributed by atoms with E-state index < -0.39 is 0 Å². The van der Waals surface area contributed by atoms with Crippen molar-refractivity contribution >= 4 is 17.2 Å². The summed E-state index contributed by atoms with van der Waals surface area (Å²) in [6.07, 6.45) is 4.64. The van der Waals surface area contributed by atoms with Gasteiger partial charge in [0.15, 0.2) is 0 Å². The smallest absolute Gasteiger partial charge is 0.263 e. The Kier molecular flexibility index (Phi) is 6.12. The first-order valence-corrected chi connectivity index (χ1v) is 9.74. The monoisotopic (exact) mass is 365 g/mol. The van der Waals surface area contributed by atoms with Crippen molar-refractivity contribution in [1.82, 2.24) is 15.3 Å². The van der Waals surface area contributed by atoms with Gasteiger partial charge in [-0.3, -0.25) is 9.78 Å². The first kappa shape index (κ1) is 18.3. The minimum absolute atomic E-state index is 0.0509. The zero-order valence-corrected chi connectivity index (χ0v) is 16.0. The maximum atomic E-state index is 12.5. The zero-order valence-electron chi connectivity index (χ0n) is 15.2. The molecule has 4 nitrogen and oxygen atoms in total. The minimum atomic E-state index is -0.0509. The van der Waals surface area contributed by atoms with Gasteiger partial charge in [0.2, 0.25) is 0 Å². The highest BCUT2D eigenvalue weighted by molar-refractivity contribution is 7.17. The maximum absolute atomic E-state index is 12.5. The molecule has 134 valence electrons. The van der Waals surface area contributed by atoms with Crippen LogP contribution >= 0.6 is 11.3 Å². The van der Waals surface area contributed by atoms with Crippen molar-refractivity contribution < 1.29 is 4.79 Å². The Balaban J connectivity index is 1.67. The summed E-state index contributed by atoms with van der Waals surface area (Å²) < 4.78 is 0. The molecule has 0 spiro atoms. The number of aromatic nitrogens is 2. The fraction of sp³-hybridized carbons (Fsp3) is 0.286. The van der Waals surface area contributed by atoms with Crippen LogP contribution in [0.1, 0.15) is 40.0 Å². The summed E-state index contributed by atoms with van der Waals surface area (Å²) in [5.41, 5.74) is 4.08. The number of hydrogen-bond acceptors (Lipinski definition) is 4. The number of aryl methyl sites for hydroxylation is 2. The number of benzene rings is 1. The Morgan fingerprint density at radius 3 is 2.73 bits per heavy atom. The van der Waals surface area contributed by atoms with E-state index in [0.29, 0.717) is 11.4 Å². The molecular weight excluding hydrogens is 342 g/mol. The number of thiazole rings is 1. The van der Waals surface area contributed by atoms with E-state index in [2.05, 4.69) is 40.4 Å². The highest BCUT2D eigenvalue weighted by Gasteiger charge is 2.16. The van der Waals surface area contributed by atoms with Crippen LogP contribution in [0.5, 0.6) is 0 Å². The average molecular weight is 366 g/mol. The van der Waals surface area contributed by atoms with Crippen molar-refractivity contribution in [3.8, 4) is 10.6 Å². The second-order valence-corrected chi connectivity index (χ2v) is 7.21. The van der Waals surface area contributed by atoms with Crippen molar-refractivity contribution in [2.24, 2.45) is 0 Å². The van der Waals surface area contributed by atoms with Crippen LogP contribution in [0, 0.1) is 6.92 Å². The molecule has 1 aromatic carbocycles. The van der Waals surface area contributed by atoms with Crippen LogP contribution in [-0.4, -0.2) is 22.4 Å². The summed E-state index contributed by atoms with van der Waals surface area (Å²) >= 11 is 1.44. The molecule has 0 aliphatic carbocycles. The van der Waals surface area contributed by atoms with E-state index in [1.165, 1.54) is 16.9 Å². The first-order valence-electron chi connectivity index (χ1n) is 8.92. The third-order valence-corrected chi connectivity index (χ3v) is 5.32. The molecule has 5 heteroatoms. The summed E-state index contributed by atoms with van der Waals surface area (Å²) in [7, 11) is 0. The predicted molar refractivity (Wildman–Crippen MR) is 107 cm³/mol. The lowest BCUT2D eigenvalue weighted by Crippen LogP contribution is -2.25. The third-order valence-electron chi connectivity index (χ3n) is 4.11. The molecule has 3 aromatic rings. The predicted octanol–water partition coefficient (Wildman–Crippen LogP) is 4.44. The topological polar surface area (TPSA) is 54.9 Å². The largest absolute Gasteiger partial charge is 0.351 e. The molecule has 3 rings (SSSR count). The van der Waals surface area contributed by atoms with Gasteiger partial charge in [-0.1, -0.05) is 43.7 Å². The van der Waals surface area contributed by atoms with Crippen LogP contribution in [0.3, 0.4) is 0 Å². The van der Waals surface area contributed by atoms with Gasteiger partial charge >= 0.3 is 0 Å². The van der Waals surface area contributed by atoms with Gasteiger partial charge in [-0.15, -0.1) is 11.3 Å². The lowest BCUT2D eigenvalue weighted by Gasteiger charge is -2.04. The summed E-state index contributed by atoms with van der Waals surface area (Å²) in [5, 5.41) is 3.87. The molecule has 0 aliphatic heterocycles. The minimum Gasteiger partial charge on any atom is -0.351 e. The van der Waals surface area contributed by atoms with E-state index in [1.54, 1.807) is 0 Å². The summed E-state index contributed by atoms with van der Waals surface area (Å²) in [5.74, 6) is -0.0509. The highest BCUT2D eigenvalue weighted by atomic mass is 32.1. The van der Waals surface area contributed by atoms with Gasteiger partial charge in [-0.2, -0.15) is 0 Å². The van der Waals surface area contributed by atoms with Crippen molar-refractivity contribution in [3.05, 3.63) is 70.5 Å². The van der Waals surface area contributed by atoms with Gasteiger partial charge < -0.3 is 5.32 Å². The van der Waals surface area contributed by atoms with Crippen LogP contribution in [0.2, 0.25) is 0 Å². The molecule has 0 saturated heterocycles. The van der Waals surface area contributed by atoms with E-state index in [1.807, 2.05) is 37.4 Å². The molecule has 2 heterocycles. The molecule has 1 N–H and O–H groups in total. The Morgan fingerprint density at radius 1 is 1.15 bits per heavy atom. The second kappa shape index (κ2) is 8.72. The summed E-state index contributed by atoms with van der Waals surface area (Å²) in [6.45, 7) is 4.64. The third kappa shape index (κ3) is 4.55. The Labute approximate surface area is 158 Å². The molecule has 0 fully saturated rings. The lowest BCUT2D eigenvalue weighted by molar-refractivity contribution is 0.0957. The normalized spacial score (nSPS) is 10.7. The van der Waals surface area contributed by atoms with Crippen molar-refractivity contribution in [3.63, 3.8) is 0 Å². The van der Waals surface area contributed by atoms with Crippen LogP contribution < -0.4 is 5.32 Å². The average Bonchev–Trinajstić information content (AvgIpc) is 3.05. The number of carbonyl (C=O) groups excluding carboxylic acids is 1. The van der Waals surface area contributed by atoms with Gasteiger partial charge in [0, 0.05) is 24.0 Å². The van der Waals surface area contributed by atoms with Crippen LogP contribution in [0.15, 0.2) is 48.7 Å². The summed E-state index contributed by atoms with van der Waals surface area (Å²) in [6, 6.07) is 14.2.